The van der Waals surface area contributed by atoms with Crippen LogP contribution in [0.1, 0.15) is 47.5 Å². The summed E-state index contributed by atoms with van der Waals surface area (Å²) in [6.45, 7) is 10.1. The summed E-state index contributed by atoms with van der Waals surface area (Å²) in [6.07, 6.45) is 1.63. The van der Waals surface area contributed by atoms with Gasteiger partial charge in [-0.15, -0.1) is 0 Å². The Morgan fingerprint density at radius 3 is 2.35 bits per heavy atom. The molecule has 1 unspecified atom stereocenters. The van der Waals surface area contributed by atoms with Crippen molar-refractivity contribution < 1.29 is 9.90 Å². The molecule has 0 fully saturated rings. The zero-order valence-electron chi connectivity index (χ0n) is 11.7. The van der Waals surface area contributed by atoms with Crippen LogP contribution in [0.15, 0.2) is 0 Å². The lowest BCUT2D eigenvalue weighted by Gasteiger charge is -2.28. The van der Waals surface area contributed by atoms with Crippen molar-refractivity contribution in [2.75, 3.05) is 11.5 Å². The Kier molecular flexibility index (Phi) is 7.88. The van der Waals surface area contributed by atoms with Crippen molar-refractivity contribution in [2.45, 2.75) is 59.0 Å². The minimum absolute atomic E-state index is 0.194. The number of carbonyl (C=O) groups is 1. The number of nitrogens with one attached hydrogen (secondary N) is 1. The van der Waals surface area contributed by atoms with Crippen LogP contribution in [0.5, 0.6) is 0 Å². The molecule has 0 amide bonds. The van der Waals surface area contributed by atoms with Gasteiger partial charge in [-0.3, -0.25) is 10.1 Å². The molecule has 0 spiro atoms. The number of thioether (sulfide) groups is 1. The summed E-state index contributed by atoms with van der Waals surface area (Å²) in [5, 5.41) is 12.4. The Morgan fingerprint density at radius 1 is 1.35 bits per heavy atom. The molecular weight excluding hydrogens is 234 g/mol. The summed E-state index contributed by atoms with van der Waals surface area (Å²) in [6, 6.07) is 0.194. The first kappa shape index (κ1) is 16.8. The molecule has 3 nitrogen and oxygen atoms in total. The molecule has 0 aromatic heterocycles. The maximum atomic E-state index is 11.3. The van der Waals surface area contributed by atoms with Crippen LogP contribution in [0.2, 0.25) is 0 Å². The summed E-state index contributed by atoms with van der Waals surface area (Å²) < 4.78 is 0. The first-order valence-electron chi connectivity index (χ1n) is 6.36. The Morgan fingerprint density at radius 2 is 1.94 bits per heavy atom. The van der Waals surface area contributed by atoms with Gasteiger partial charge in [0.2, 0.25) is 0 Å². The largest absolute Gasteiger partial charge is 0.480 e. The van der Waals surface area contributed by atoms with Crippen LogP contribution in [-0.4, -0.2) is 34.2 Å². The Labute approximate surface area is 110 Å². The standard InChI is InChI=1S/C13H27NO2S/c1-10(2)9-17-8-6-7-13(5,12(15)16)14-11(3)4/h10-11,14H,6-9H2,1-5H3,(H,15,16). The van der Waals surface area contributed by atoms with E-state index in [1.54, 1.807) is 6.92 Å². The van der Waals surface area contributed by atoms with Crippen molar-refractivity contribution in [3.8, 4) is 0 Å². The number of hydrogen-bond acceptors (Lipinski definition) is 3. The molecule has 0 rings (SSSR count). The summed E-state index contributed by atoms with van der Waals surface area (Å²) in [5.41, 5.74) is -0.785. The molecule has 0 bridgehead atoms. The highest BCUT2D eigenvalue weighted by Crippen LogP contribution is 2.17. The molecule has 0 heterocycles. The zero-order valence-corrected chi connectivity index (χ0v) is 12.6. The van der Waals surface area contributed by atoms with Crippen LogP contribution in [0.3, 0.4) is 0 Å². The molecule has 0 aromatic rings. The van der Waals surface area contributed by atoms with Gasteiger partial charge in [0.25, 0.3) is 0 Å². The topological polar surface area (TPSA) is 49.3 Å². The molecular formula is C13H27NO2S. The van der Waals surface area contributed by atoms with Gasteiger partial charge in [-0.1, -0.05) is 13.8 Å². The number of carboxylic acid groups (broad SMARTS) is 1. The van der Waals surface area contributed by atoms with Crippen LogP contribution in [-0.2, 0) is 4.79 Å². The van der Waals surface area contributed by atoms with Crippen molar-refractivity contribution in [1.82, 2.24) is 5.32 Å². The second-order valence-corrected chi connectivity index (χ2v) is 6.66. The first-order chi connectivity index (χ1) is 7.78. The van der Waals surface area contributed by atoms with Crippen LogP contribution >= 0.6 is 11.8 Å². The summed E-state index contributed by atoms with van der Waals surface area (Å²) >= 11 is 1.91. The van der Waals surface area contributed by atoms with Crippen LogP contribution < -0.4 is 5.32 Å². The van der Waals surface area contributed by atoms with Crippen molar-refractivity contribution in [1.29, 1.82) is 0 Å². The molecule has 0 radical (unpaired) electrons. The highest BCUT2D eigenvalue weighted by atomic mass is 32.2. The fourth-order valence-corrected chi connectivity index (χ4v) is 2.71. The van der Waals surface area contributed by atoms with E-state index in [1.165, 1.54) is 0 Å². The van der Waals surface area contributed by atoms with Gasteiger partial charge >= 0.3 is 5.97 Å². The highest BCUT2D eigenvalue weighted by Gasteiger charge is 2.32. The van der Waals surface area contributed by atoms with E-state index in [1.807, 2.05) is 25.6 Å². The average molecular weight is 261 g/mol. The summed E-state index contributed by atoms with van der Waals surface area (Å²) in [7, 11) is 0. The third kappa shape index (κ3) is 7.66. The third-order valence-corrected chi connectivity index (χ3v) is 3.98. The number of hydrogen-bond donors (Lipinski definition) is 2. The molecule has 0 aliphatic heterocycles. The monoisotopic (exact) mass is 261 g/mol. The number of carboxylic acids is 1. The average Bonchev–Trinajstić information content (AvgIpc) is 2.15. The van der Waals surface area contributed by atoms with Crippen molar-refractivity contribution in [3.63, 3.8) is 0 Å². The van der Waals surface area contributed by atoms with E-state index < -0.39 is 11.5 Å². The lowest BCUT2D eigenvalue weighted by molar-refractivity contribution is -0.144. The van der Waals surface area contributed by atoms with E-state index in [4.69, 9.17) is 0 Å². The van der Waals surface area contributed by atoms with Crippen LogP contribution in [0.25, 0.3) is 0 Å². The predicted octanol–water partition coefficient (Wildman–Crippen LogP) is 3.00. The van der Waals surface area contributed by atoms with Gasteiger partial charge in [-0.2, -0.15) is 11.8 Å². The van der Waals surface area contributed by atoms with Gasteiger partial charge < -0.3 is 5.11 Å². The predicted molar refractivity (Wildman–Crippen MR) is 75.7 cm³/mol. The maximum absolute atomic E-state index is 11.3. The molecule has 4 heteroatoms. The van der Waals surface area contributed by atoms with E-state index in [0.717, 1.165) is 17.9 Å². The van der Waals surface area contributed by atoms with Crippen LogP contribution in [0, 0.1) is 5.92 Å². The SMILES string of the molecule is CC(C)CSCCCC(C)(NC(C)C)C(=O)O. The fourth-order valence-electron chi connectivity index (χ4n) is 1.72. The highest BCUT2D eigenvalue weighted by molar-refractivity contribution is 7.99. The molecule has 1 atom stereocenters. The number of aliphatic carboxylic acids is 1. The summed E-state index contributed by atoms with van der Waals surface area (Å²) in [5.74, 6) is 2.15. The van der Waals surface area contributed by atoms with E-state index >= 15 is 0 Å². The molecule has 0 aliphatic rings. The van der Waals surface area contributed by atoms with Crippen LogP contribution in [0.4, 0.5) is 0 Å². The van der Waals surface area contributed by atoms with Gasteiger partial charge in [0.1, 0.15) is 5.54 Å². The zero-order chi connectivity index (χ0) is 13.5. The van der Waals surface area contributed by atoms with Crippen molar-refractivity contribution >= 4 is 17.7 Å². The summed E-state index contributed by atoms with van der Waals surface area (Å²) in [4.78, 5) is 11.3. The maximum Gasteiger partial charge on any atom is 0.323 e. The Balaban J connectivity index is 3.97. The molecule has 0 aliphatic carbocycles. The molecule has 0 aromatic carbocycles. The Hall–Kier alpha value is -0.220. The molecule has 2 N–H and O–H groups in total. The quantitative estimate of drug-likeness (QED) is 0.626. The minimum atomic E-state index is -0.785. The first-order valence-corrected chi connectivity index (χ1v) is 7.52. The van der Waals surface area contributed by atoms with Gasteiger partial charge in [-0.25, -0.2) is 0 Å². The molecule has 0 saturated carbocycles. The van der Waals surface area contributed by atoms with E-state index in [-0.39, 0.29) is 6.04 Å². The van der Waals surface area contributed by atoms with Gasteiger partial charge in [0, 0.05) is 6.04 Å². The van der Waals surface area contributed by atoms with E-state index in [9.17, 15) is 9.90 Å². The van der Waals surface area contributed by atoms with E-state index in [2.05, 4.69) is 19.2 Å². The van der Waals surface area contributed by atoms with Crippen molar-refractivity contribution in [2.24, 2.45) is 5.92 Å². The van der Waals surface area contributed by atoms with Crippen molar-refractivity contribution in [3.05, 3.63) is 0 Å². The third-order valence-electron chi connectivity index (χ3n) is 2.50. The van der Waals surface area contributed by atoms with Gasteiger partial charge in [-0.05, 0) is 51.0 Å². The fraction of sp³-hybridized carbons (Fsp3) is 0.923. The second-order valence-electron chi connectivity index (χ2n) is 5.51. The minimum Gasteiger partial charge on any atom is -0.480 e. The molecule has 0 saturated heterocycles. The Bertz CT molecular complexity index is 231. The van der Waals surface area contributed by atoms with Gasteiger partial charge in [0.05, 0.1) is 0 Å². The lowest BCUT2D eigenvalue weighted by atomic mass is 9.95. The van der Waals surface area contributed by atoms with Gasteiger partial charge in [0.15, 0.2) is 0 Å². The second kappa shape index (κ2) is 7.98. The normalized spacial score (nSPS) is 15.2. The smallest absolute Gasteiger partial charge is 0.323 e. The van der Waals surface area contributed by atoms with E-state index in [0.29, 0.717) is 12.3 Å². The molecule has 102 valence electrons. The molecule has 17 heavy (non-hydrogen) atoms. The number of rotatable bonds is 9. The lowest BCUT2D eigenvalue weighted by Crippen LogP contribution is -2.52.